The van der Waals surface area contributed by atoms with Gasteiger partial charge in [-0.2, -0.15) is 0 Å². The fourth-order valence-electron chi connectivity index (χ4n) is 5.61. The molecule has 3 amide bonds. The van der Waals surface area contributed by atoms with Crippen LogP contribution in [-0.4, -0.2) is 53.2 Å². The van der Waals surface area contributed by atoms with Crippen LogP contribution in [0.3, 0.4) is 0 Å². The van der Waals surface area contributed by atoms with Crippen LogP contribution in [0.5, 0.6) is 11.5 Å². The summed E-state index contributed by atoms with van der Waals surface area (Å²) in [6.45, 7) is 11.7. The Balaban J connectivity index is 2.08. The zero-order chi connectivity index (χ0) is 35.3. The minimum Gasteiger partial charge on any atom is -0.508 e. The van der Waals surface area contributed by atoms with E-state index in [1.54, 1.807) is 81.3 Å². The number of aromatic hydroxyl groups is 1. The number of unbranched alkanes of at least 4 members (excludes halogenated alkanes) is 5. The summed E-state index contributed by atoms with van der Waals surface area (Å²) in [4.78, 5) is 43.9. The van der Waals surface area contributed by atoms with Crippen molar-refractivity contribution in [2.75, 3.05) is 19.0 Å². The monoisotopic (exact) mass is 659 g/mol. The number of alkyl carbamates (subject to hydrolysis) is 1. The van der Waals surface area contributed by atoms with Gasteiger partial charge in [-0.1, -0.05) is 74.9 Å². The number of benzene rings is 3. The number of carbonyl (C=O) groups is 3. The molecule has 0 aliphatic carbocycles. The van der Waals surface area contributed by atoms with Crippen molar-refractivity contribution in [2.45, 2.75) is 104 Å². The molecule has 3 aromatic rings. The van der Waals surface area contributed by atoms with Crippen molar-refractivity contribution < 1.29 is 29.0 Å². The van der Waals surface area contributed by atoms with Gasteiger partial charge in [-0.3, -0.25) is 9.59 Å². The molecule has 0 fully saturated rings. The molecule has 0 saturated heterocycles. The van der Waals surface area contributed by atoms with E-state index < -0.39 is 29.7 Å². The van der Waals surface area contributed by atoms with E-state index in [-0.39, 0.29) is 18.1 Å². The quantitative estimate of drug-likeness (QED) is 0.134. The molecule has 9 nitrogen and oxygen atoms in total. The van der Waals surface area contributed by atoms with Gasteiger partial charge in [0.15, 0.2) is 0 Å². The van der Waals surface area contributed by atoms with Gasteiger partial charge in [0.05, 0.1) is 7.11 Å². The SMILES string of the molecule is CCCCCCCCN(C(=O)C(Cc1ccc(O)cc1)NC(=O)OC(C)(C)C)C(C(=O)Nc1ccc(OC)cc1)c1ccc(C)cc1C. The van der Waals surface area contributed by atoms with E-state index in [1.807, 2.05) is 32.0 Å². The molecule has 0 spiro atoms. The van der Waals surface area contributed by atoms with Crippen LogP contribution >= 0.6 is 0 Å². The molecule has 2 unspecified atom stereocenters. The standard InChI is InChI=1S/C39H53N3O6/c1-8-9-10-11-12-13-24-42(37(45)34(41-38(46)48-39(4,5)6)26-29-15-19-31(43)20-16-29)35(33-23-14-27(2)25-28(33)3)36(44)40-30-17-21-32(47-7)22-18-30/h14-23,25,34-35,43H,8-13,24,26H2,1-7H3,(H,40,44)(H,41,46). The molecule has 0 saturated carbocycles. The van der Waals surface area contributed by atoms with Crippen molar-refractivity contribution in [3.05, 3.63) is 89.0 Å². The topological polar surface area (TPSA) is 117 Å². The van der Waals surface area contributed by atoms with E-state index in [1.165, 1.54) is 0 Å². The summed E-state index contributed by atoms with van der Waals surface area (Å²) >= 11 is 0. The molecule has 2 atom stereocenters. The highest BCUT2D eigenvalue weighted by Gasteiger charge is 2.37. The predicted molar refractivity (Wildman–Crippen MR) is 190 cm³/mol. The van der Waals surface area contributed by atoms with Gasteiger partial charge in [0.2, 0.25) is 5.91 Å². The van der Waals surface area contributed by atoms with E-state index in [9.17, 15) is 19.5 Å². The summed E-state index contributed by atoms with van der Waals surface area (Å²) in [5.41, 5.74) is 3.12. The third kappa shape index (κ3) is 11.9. The molecule has 0 heterocycles. The molecule has 3 rings (SSSR count). The zero-order valence-corrected chi connectivity index (χ0v) is 29.6. The summed E-state index contributed by atoms with van der Waals surface area (Å²) in [7, 11) is 1.58. The molecule has 260 valence electrons. The number of rotatable bonds is 16. The number of amides is 3. The molecule has 0 aromatic heterocycles. The highest BCUT2D eigenvalue weighted by atomic mass is 16.6. The highest BCUT2D eigenvalue weighted by molar-refractivity contribution is 5.99. The Kier molecular flexibility index (Phi) is 14.3. The van der Waals surface area contributed by atoms with Gasteiger partial charge in [-0.25, -0.2) is 4.79 Å². The van der Waals surface area contributed by atoms with Crippen molar-refractivity contribution >= 4 is 23.6 Å². The first-order valence-electron chi connectivity index (χ1n) is 16.9. The highest BCUT2D eigenvalue weighted by Crippen LogP contribution is 2.29. The van der Waals surface area contributed by atoms with Gasteiger partial charge in [-0.15, -0.1) is 0 Å². The zero-order valence-electron chi connectivity index (χ0n) is 29.6. The fraction of sp³-hybridized carbons (Fsp3) is 0.462. The lowest BCUT2D eigenvalue weighted by molar-refractivity contribution is -0.140. The van der Waals surface area contributed by atoms with Crippen LogP contribution in [0.25, 0.3) is 0 Å². The van der Waals surface area contributed by atoms with Crippen molar-refractivity contribution in [3.63, 3.8) is 0 Å². The molecule has 9 heteroatoms. The average Bonchev–Trinajstić information content (AvgIpc) is 3.02. The van der Waals surface area contributed by atoms with E-state index in [4.69, 9.17) is 9.47 Å². The normalized spacial score (nSPS) is 12.5. The van der Waals surface area contributed by atoms with Crippen molar-refractivity contribution in [1.82, 2.24) is 10.2 Å². The maximum atomic E-state index is 14.8. The number of aryl methyl sites for hydroxylation is 2. The summed E-state index contributed by atoms with van der Waals surface area (Å²) in [5, 5.41) is 15.7. The molecule has 0 bridgehead atoms. The van der Waals surface area contributed by atoms with Gasteiger partial charge >= 0.3 is 6.09 Å². The summed E-state index contributed by atoms with van der Waals surface area (Å²) < 4.78 is 10.8. The number of nitrogens with one attached hydrogen (secondary N) is 2. The van der Waals surface area contributed by atoms with Gasteiger partial charge < -0.3 is 30.1 Å². The molecule has 0 radical (unpaired) electrons. The van der Waals surface area contributed by atoms with Gasteiger partial charge in [0.1, 0.15) is 29.2 Å². The molecular formula is C39H53N3O6. The first-order chi connectivity index (χ1) is 22.8. The van der Waals surface area contributed by atoms with Crippen LogP contribution < -0.4 is 15.4 Å². The fourth-order valence-corrected chi connectivity index (χ4v) is 5.61. The van der Waals surface area contributed by atoms with E-state index >= 15 is 0 Å². The third-order valence-corrected chi connectivity index (χ3v) is 8.04. The number of nitrogens with zero attached hydrogens (tertiary/aromatic N) is 1. The van der Waals surface area contributed by atoms with Gasteiger partial charge in [0, 0.05) is 18.7 Å². The Labute approximate surface area is 286 Å². The van der Waals surface area contributed by atoms with Crippen LogP contribution in [0.15, 0.2) is 66.7 Å². The molecular weight excluding hydrogens is 606 g/mol. The number of phenols is 1. The minimum atomic E-state index is -1.05. The lowest BCUT2D eigenvalue weighted by atomic mass is 9.95. The van der Waals surface area contributed by atoms with Crippen LogP contribution in [0.4, 0.5) is 10.5 Å². The van der Waals surface area contributed by atoms with Crippen molar-refractivity contribution in [2.24, 2.45) is 0 Å². The van der Waals surface area contributed by atoms with Gasteiger partial charge in [-0.05, 0) is 94.1 Å². The second kappa shape index (κ2) is 18.1. The number of carbonyl (C=O) groups excluding carboxylic acids is 3. The van der Waals surface area contributed by atoms with Crippen LogP contribution in [0.1, 0.15) is 94.5 Å². The molecule has 3 N–H and O–H groups in total. The summed E-state index contributed by atoms with van der Waals surface area (Å²) in [6.07, 6.45) is 5.38. The van der Waals surface area contributed by atoms with Crippen molar-refractivity contribution in [1.29, 1.82) is 0 Å². The Morgan fingerprint density at radius 2 is 1.52 bits per heavy atom. The Morgan fingerprint density at radius 3 is 2.12 bits per heavy atom. The Morgan fingerprint density at radius 1 is 0.875 bits per heavy atom. The third-order valence-electron chi connectivity index (χ3n) is 8.04. The van der Waals surface area contributed by atoms with E-state index in [2.05, 4.69) is 17.6 Å². The van der Waals surface area contributed by atoms with Gasteiger partial charge in [0.25, 0.3) is 5.91 Å². The summed E-state index contributed by atoms with van der Waals surface area (Å²) in [5.74, 6) is -0.0231. The second-order valence-electron chi connectivity index (χ2n) is 13.3. The molecule has 3 aromatic carbocycles. The first kappa shape index (κ1) is 37.9. The van der Waals surface area contributed by atoms with Crippen LogP contribution in [0.2, 0.25) is 0 Å². The first-order valence-corrected chi connectivity index (χ1v) is 16.9. The average molecular weight is 660 g/mol. The number of anilines is 1. The smallest absolute Gasteiger partial charge is 0.408 e. The molecule has 0 aliphatic rings. The Hall–Kier alpha value is -4.53. The van der Waals surface area contributed by atoms with Crippen LogP contribution in [-0.2, 0) is 20.7 Å². The predicted octanol–water partition coefficient (Wildman–Crippen LogP) is 8.02. The largest absolute Gasteiger partial charge is 0.508 e. The Bertz CT molecular complexity index is 1480. The molecule has 0 aliphatic heterocycles. The number of methoxy groups -OCH3 is 1. The lowest BCUT2D eigenvalue weighted by Crippen LogP contribution is -2.53. The van der Waals surface area contributed by atoms with E-state index in [0.29, 0.717) is 30.0 Å². The minimum absolute atomic E-state index is 0.0940. The maximum Gasteiger partial charge on any atom is 0.408 e. The second-order valence-corrected chi connectivity index (χ2v) is 13.3. The molecule has 48 heavy (non-hydrogen) atoms. The number of hydrogen-bond acceptors (Lipinski definition) is 6. The lowest BCUT2D eigenvalue weighted by Gasteiger charge is -2.35. The van der Waals surface area contributed by atoms with E-state index in [0.717, 1.165) is 48.8 Å². The maximum absolute atomic E-state index is 14.8. The number of hydrogen-bond donors (Lipinski definition) is 3. The number of phenolic OH excluding ortho intramolecular Hbond substituents is 1. The van der Waals surface area contributed by atoms with Crippen LogP contribution in [0, 0.1) is 13.8 Å². The van der Waals surface area contributed by atoms with Crippen molar-refractivity contribution in [3.8, 4) is 11.5 Å². The number of ether oxygens (including phenoxy) is 2. The summed E-state index contributed by atoms with van der Waals surface area (Å²) in [6, 6.07) is 17.4.